The fourth-order valence-electron chi connectivity index (χ4n) is 1.92. The Kier molecular flexibility index (Phi) is 4.55. The van der Waals surface area contributed by atoms with E-state index in [1.807, 2.05) is 42.0 Å². The van der Waals surface area contributed by atoms with Gasteiger partial charge in [0.05, 0.1) is 17.0 Å². The van der Waals surface area contributed by atoms with Gasteiger partial charge in [0.1, 0.15) is 0 Å². The maximum Gasteiger partial charge on any atom is 0.252 e. The molecule has 0 saturated carbocycles. The molecule has 1 aromatic carbocycles. The number of carbonyl (C=O) groups excluding carboxylic acids is 1. The van der Waals surface area contributed by atoms with Gasteiger partial charge in [0.2, 0.25) is 11.7 Å². The van der Waals surface area contributed by atoms with E-state index < -0.39 is 0 Å². The summed E-state index contributed by atoms with van der Waals surface area (Å²) in [6.45, 7) is 0.208. The van der Waals surface area contributed by atoms with Crippen molar-refractivity contribution in [1.82, 2.24) is 15.5 Å². The molecule has 2 aromatic heterocycles. The number of nitrogens with zero attached hydrogens (tertiary/aromatic N) is 2. The van der Waals surface area contributed by atoms with Gasteiger partial charge in [-0.25, -0.2) is 0 Å². The molecule has 0 atom stereocenters. The number of thioether (sulfide) groups is 1. The normalized spacial score (nSPS) is 10.6. The van der Waals surface area contributed by atoms with Crippen molar-refractivity contribution in [2.24, 2.45) is 0 Å². The first-order chi connectivity index (χ1) is 10.8. The van der Waals surface area contributed by atoms with Crippen LogP contribution < -0.4 is 5.32 Å². The van der Waals surface area contributed by atoms with Gasteiger partial charge in [-0.15, -0.1) is 23.1 Å². The molecule has 0 spiro atoms. The van der Waals surface area contributed by atoms with E-state index in [0.29, 0.717) is 17.3 Å². The molecule has 0 aliphatic carbocycles. The van der Waals surface area contributed by atoms with Crippen molar-refractivity contribution in [2.45, 2.75) is 11.4 Å². The van der Waals surface area contributed by atoms with Crippen molar-refractivity contribution in [1.29, 1.82) is 0 Å². The summed E-state index contributed by atoms with van der Waals surface area (Å²) < 4.78 is 5.16. The summed E-state index contributed by atoms with van der Waals surface area (Å²) in [6, 6.07) is 11.3. The van der Waals surface area contributed by atoms with Crippen LogP contribution in [0.1, 0.15) is 16.2 Å². The Bertz CT molecular complexity index is 769. The Morgan fingerprint density at radius 3 is 2.95 bits per heavy atom. The minimum atomic E-state index is -0.152. The van der Waals surface area contributed by atoms with Crippen LogP contribution in [0.4, 0.5) is 0 Å². The highest BCUT2D eigenvalue weighted by atomic mass is 32.2. The molecule has 1 N–H and O–H groups in total. The van der Waals surface area contributed by atoms with Crippen molar-refractivity contribution >= 4 is 29.0 Å². The second-order valence-electron chi connectivity index (χ2n) is 4.37. The van der Waals surface area contributed by atoms with Crippen molar-refractivity contribution in [3.63, 3.8) is 0 Å². The zero-order valence-corrected chi connectivity index (χ0v) is 13.4. The standard InChI is InChI=1S/C15H13N3O2S2/c1-21-11-6-3-2-5-10(11)15(19)16-9-13-17-14(18-20-13)12-7-4-8-22-12/h2-8H,9H2,1H3,(H,16,19). The molecule has 5 nitrogen and oxygen atoms in total. The summed E-state index contributed by atoms with van der Waals surface area (Å²) in [6.07, 6.45) is 1.94. The third-order valence-corrected chi connectivity index (χ3v) is 4.62. The molecule has 0 bridgehead atoms. The van der Waals surface area contributed by atoms with Crippen LogP contribution in [0.5, 0.6) is 0 Å². The van der Waals surface area contributed by atoms with E-state index in [0.717, 1.165) is 9.77 Å². The molecule has 0 aliphatic heterocycles. The van der Waals surface area contributed by atoms with Gasteiger partial charge in [-0.1, -0.05) is 23.4 Å². The topological polar surface area (TPSA) is 68.0 Å². The maximum atomic E-state index is 12.2. The molecule has 22 heavy (non-hydrogen) atoms. The van der Waals surface area contributed by atoms with Crippen LogP contribution in [-0.4, -0.2) is 22.3 Å². The molecule has 0 radical (unpaired) electrons. The Morgan fingerprint density at radius 2 is 2.18 bits per heavy atom. The first-order valence-electron chi connectivity index (χ1n) is 6.55. The summed E-state index contributed by atoms with van der Waals surface area (Å²) in [5.41, 5.74) is 0.646. The van der Waals surface area contributed by atoms with E-state index >= 15 is 0 Å². The number of aromatic nitrogens is 2. The molecule has 112 valence electrons. The number of rotatable bonds is 5. The van der Waals surface area contributed by atoms with Crippen LogP contribution in [0.2, 0.25) is 0 Å². The largest absolute Gasteiger partial charge is 0.343 e. The van der Waals surface area contributed by atoms with Crippen molar-refractivity contribution in [3.05, 3.63) is 53.2 Å². The second kappa shape index (κ2) is 6.76. The van der Waals surface area contributed by atoms with E-state index in [-0.39, 0.29) is 12.5 Å². The third-order valence-electron chi connectivity index (χ3n) is 2.96. The van der Waals surface area contributed by atoms with E-state index in [1.54, 1.807) is 17.4 Å². The highest BCUT2D eigenvalue weighted by molar-refractivity contribution is 7.98. The summed E-state index contributed by atoms with van der Waals surface area (Å²) in [4.78, 5) is 18.4. The Morgan fingerprint density at radius 1 is 1.32 bits per heavy atom. The number of thiophene rings is 1. The number of hydrogen-bond acceptors (Lipinski definition) is 6. The van der Waals surface area contributed by atoms with Crippen LogP contribution in [0.3, 0.4) is 0 Å². The third kappa shape index (κ3) is 3.20. The Balaban J connectivity index is 1.66. The number of benzene rings is 1. The molecule has 1 amide bonds. The lowest BCUT2D eigenvalue weighted by molar-refractivity contribution is 0.0943. The van der Waals surface area contributed by atoms with E-state index in [9.17, 15) is 4.79 Å². The molecule has 0 fully saturated rings. The zero-order chi connectivity index (χ0) is 15.4. The molecule has 3 aromatic rings. The molecule has 2 heterocycles. The maximum absolute atomic E-state index is 12.2. The molecular weight excluding hydrogens is 318 g/mol. The average molecular weight is 331 g/mol. The Hall–Kier alpha value is -2.12. The zero-order valence-electron chi connectivity index (χ0n) is 11.8. The van der Waals surface area contributed by atoms with E-state index in [4.69, 9.17) is 4.52 Å². The quantitative estimate of drug-likeness (QED) is 0.725. The minimum Gasteiger partial charge on any atom is -0.343 e. The van der Waals surface area contributed by atoms with Crippen LogP contribution in [-0.2, 0) is 6.54 Å². The van der Waals surface area contributed by atoms with Gasteiger partial charge in [-0.2, -0.15) is 4.98 Å². The highest BCUT2D eigenvalue weighted by Crippen LogP contribution is 2.22. The number of amides is 1. The lowest BCUT2D eigenvalue weighted by Crippen LogP contribution is -2.23. The molecule has 0 unspecified atom stereocenters. The summed E-state index contributed by atoms with van der Waals surface area (Å²) in [7, 11) is 0. The smallest absolute Gasteiger partial charge is 0.252 e. The van der Waals surface area contributed by atoms with Crippen molar-refractivity contribution < 1.29 is 9.32 Å². The van der Waals surface area contributed by atoms with Gasteiger partial charge in [0.15, 0.2) is 0 Å². The number of nitrogens with one attached hydrogen (secondary N) is 1. The predicted octanol–water partition coefficient (Wildman–Crippen LogP) is 3.45. The van der Waals surface area contributed by atoms with Crippen LogP contribution in [0.15, 0.2) is 51.2 Å². The lowest BCUT2D eigenvalue weighted by atomic mass is 10.2. The fourth-order valence-corrected chi connectivity index (χ4v) is 3.16. The molecule has 7 heteroatoms. The number of carbonyl (C=O) groups is 1. The van der Waals surface area contributed by atoms with Crippen LogP contribution in [0, 0.1) is 0 Å². The molecule has 0 saturated heterocycles. The van der Waals surface area contributed by atoms with Gasteiger partial charge in [0, 0.05) is 4.90 Å². The molecule has 0 aliphatic rings. The monoisotopic (exact) mass is 331 g/mol. The molecule has 3 rings (SSSR count). The van der Waals surface area contributed by atoms with Gasteiger partial charge in [-0.3, -0.25) is 4.79 Å². The second-order valence-corrected chi connectivity index (χ2v) is 6.17. The summed E-state index contributed by atoms with van der Waals surface area (Å²) >= 11 is 3.08. The van der Waals surface area contributed by atoms with Crippen LogP contribution >= 0.6 is 23.1 Å². The van der Waals surface area contributed by atoms with Gasteiger partial charge >= 0.3 is 0 Å². The van der Waals surface area contributed by atoms with Gasteiger partial charge in [0.25, 0.3) is 5.91 Å². The molecular formula is C15H13N3O2S2. The van der Waals surface area contributed by atoms with Crippen molar-refractivity contribution in [2.75, 3.05) is 6.26 Å². The summed E-state index contributed by atoms with van der Waals surface area (Å²) in [5.74, 6) is 0.781. The first-order valence-corrected chi connectivity index (χ1v) is 8.66. The van der Waals surface area contributed by atoms with Gasteiger partial charge < -0.3 is 9.84 Å². The average Bonchev–Trinajstić information content (AvgIpc) is 3.23. The van der Waals surface area contributed by atoms with Crippen molar-refractivity contribution in [3.8, 4) is 10.7 Å². The minimum absolute atomic E-state index is 0.152. The lowest BCUT2D eigenvalue weighted by Gasteiger charge is -2.06. The van der Waals surface area contributed by atoms with E-state index in [1.165, 1.54) is 11.8 Å². The predicted molar refractivity (Wildman–Crippen MR) is 87.0 cm³/mol. The first kappa shape index (κ1) is 14.8. The summed E-state index contributed by atoms with van der Waals surface area (Å²) in [5, 5.41) is 8.67. The highest BCUT2D eigenvalue weighted by Gasteiger charge is 2.13. The Labute approximate surface area is 135 Å². The fraction of sp³-hybridized carbons (Fsp3) is 0.133. The number of hydrogen-bond donors (Lipinski definition) is 1. The van der Waals surface area contributed by atoms with E-state index in [2.05, 4.69) is 15.5 Å². The van der Waals surface area contributed by atoms with Crippen LogP contribution in [0.25, 0.3) is 10.7 Å². The van der Waals surface area contributed by atoms with Gasteiger partial charge in [-0.05, 0) is 29.8 Å². The SMILES string of the molecule is CSc1ccccc1C(=O)NCc1nc(-c2cccs2)no1.